The summed E-state index contributed by atoms with van der Waals surface area (Å²) >= 11 is 6.30. The standard InChI is InChI=1S/C22H27ClFN3O4/c1-5-30-20(17-9-8-16(29-4)11-18(17)24)22(28)27(23)12-15-7-6-14(21(25)26)10-19(15)31-13(2)3/h6-11,13,20H,5,12H2,1-4H3,(H3,25,26). The van der Waals surface area contributed by atoms with Crippen LogP contribution in [0.1, 0.15) is 43.6 Å². The van der Waals surface area contributed by atoms with Crippen LogP contribution in [0, 0.1) is 11.2 Å². The van der Waals surface area contributed by atoms with Gasteiger partial charge in [0.1, 0.15) is 23.2 Å². The van der Waals surface area contributed by atoms with Crippen molar-refractivity contribution in [3.05, 3.63) is 58.9 Å². The van der Waals surface area contributed by atoms with Crippen molar-refractivity contribution in [3.63, 3.8) is 0 Å². The molecular weight excluding hydrogens is 425 g/mol. The fourth-order valence-electron chi connectivity index (χ4n) is 2.88. The van der Waals surface area contributed by atoms with Gasteiger partial charge in [0.2, 0.25) is 0 Å². The molecule has 0 aliphatic rings. The van der Waals surface area contributed by atoms with Gasteiger partial charge < -0.3 is 19.9 Å². The smallest absolute Gasteiger partial charge is 0.271 e. The Kier molecular flexibility index (Phi) is 8.65. The van der Waals surface area contributed by atoms with E-state index in [9.17, 15) is 9.18 Å². The monoisotopic (exact) mass is 451 g/mol. The molecule has 3 N–H and O–H groups in total. The molecule has 2 aromatic carbocycles. The number of hydrogen-bond acceptors (Lipinski definition) is 5. The van der Waals surface area contributed by atoms with Gasteiger partial charge in [-0.1, -0.05) is 12.1 Å². The molecule has 7 nitrogen and oxygen atoms in total. The second-order valence-electron chi connectivity index (χ2n) is 6.98. The zero-order valence-electron chi connectivity index (χ0n) is 17.9. The summed E-state index contributed by atoms with van der Waals surface area (Å²) in [6.07, 6.45) is -1.37. The summed E-state index contributed by atoms with van der Waals surface area (Å²) in [4.78, 5) is 13.0. The van der Waals surface area contributed by atoms with Crippen LogP contribution in [0.2, 0.25) is 0 Å². The number of benzene rings is 2. The lowest BCUT2D eigenvalue weighted by Gasteiger charge is -2.24. The second kappa shape index (κ2) is 11.0. The molecule has 1 atom stereocenters. The third-order valence-electron chi connectivity index (χ3n) is 4.34. The van der Waals surface area contributed by atoms with Gasteiger partial charge in [0.25, 0.3) is 5.91 Å². The first-order valence-electron chi connectivity index (χ1n) is 9.74. The van der Waals surface area contributed by atoms with Crippen LogP contribution in [0.25, 0.3) is 0 Å². The van der Waals surface area contributed by atoms with Gasteiger partial charge in [-0.25, -0.2) is 8.81 Å². The lowest BCUT2D eigenvalue weighted by Crippen LogP contribution is -2.30. The number of methoxy groups -OCH3 is 1. The van der Waals surface area contributed by atoms with Crippen LogP contribution in [0.4, 0.5) is 4.39 Å². The lowest BCUT2D eigenvalue weighted by atomic mass is 10.1. The van der Waals surface area contributed by atoms with E-state index >= 15 is 0 Å². The molecule has 168 valence electrons. The first-order chi connectivity index (χ1) is 14.7. The summed E-state index contributed by atoms with van der Waals surface area (Å²) in [6, 6.07) is 9.11. The van der Waals surface area contributed by atoms with Gasteiger partial charge in [-0.15, -0.1) is 0 Å². The zero-order chi connectivity index (χ0) is 23.1. The Morgan fingerprint density at radius 3 is 2.52 bits per heavy atom. The Hall–Kier alpha value is -2.84. The van der Waals surface area contributed by atoms with Gasteiger partial charge in [-0.2, -0.15) is 0 Å². The van der Waals surface area contributed by atoms with Gasteiger partial charge in [0.15, 0.2) is 6.10 Å². The predicted octanol–water partition coefficient (Wildman–Crippen LogP) is 4.17. The molecule has 0 saturated carbocycles. The number of amides is 1. The average Bonchev–Trinajstić information content (AvgIpc) is 2.72. The highest BCUT2D eigenvalue weighted by molar-refractivity contribution is 6.21. The van der Waals surface area contributed by atoms with Crippen LogP contribution in [0.15, 0.2) is 36.4 Å². The molecule has 0 aliphatic carbocycles. The quantitative estimate of drug-likeness (QED) is 0.321. The number of ether oxygens (including phenoxy) is 3. The topological polar surface area (TPSA) is 97.9 Å². The first-order valence-corrected chi connectivity index (χ1v) is 10.1. The van der Waals surface area contributed by atoms with Crippen LogP contribution in [0.3, 0.4) is 0 Å². The van der Waals surface area contributed by atoms with Gasteiger partial charge in [0, 0.05) is 41.1 Å². The van der Waals surface area contributed by atoms with E-state index in [0.717, 1.165) is 4.42 Å². The second-order valence-corrected chi connectivity index (χ2v) is 7.39. The minimum Gasteiger partial charge on any atom is -0.497 e. The molecule has 0 spiro atoms. The number of hydrogen-bond donors (Lipinski definition) is 2. The van der Waals surface area contributed by atoms with Crippen molar-refractivity contribution in [1.29, 1.82) is 5.41 Å². The highest BCUT2D eigenvalue weighted by atomic mass is 35.5. The molecule has 0 saturated heterocycles. The summed E-state index contributed by atoms with van der Waals surface area (Å²) in [5, 5.41) is 7.61. The van der Waals surface area contributed by atoms with E-state index in [1.807, 2.05) is 13.8 Å². The maximum Gasteiger partial charge on any atom is 0.271 e. The fourth-order valence-corrected chi connectivity index (χ4v) is 3.10. The molecule has 2 aromatic rings. The average molecular weight is 452 g/mol. The Labute approximate surface area is 186 Å². The molecule has 1 amide bonds. The molecule has 31 heavy (non-hydrogen) atoms. The van der Waals surface area contributed by atoms with Crippen molar-refractivity contribution in [2.45, 2.75) is 39.5 Å². The summed E-state index contributed by atoms with van der Waals surface area (Å²) in [7, 11) is 1.42. The number of nitrogens with zero attached hydrogens (tertiary/aromatic N) is 1. The molecular formula is C22H27ClFN3O4. The van der Waals surface area contributed by atoms with Crippen molar-refractivity contribution >= 4 is 23.5 Å². The van der Waals surface area contributed by atoms with Crippen LogP contribution in [-0.4, -0.2) is 36.0 Å². The molecule has 0 radical (unpaired) electrons. The van der Waals surface area contributed by atoms with Gasteiger partial charge >= 0.3 is 0 Å². The maximum absolute atomic E-state index is 14.6. The van der Waals surface area contributed by atoms with Gasteiger partial charge in [0.05, 0.1) is 19.8 Å². The molecule has 0 aliphatic heterocycles. The number of amidine groups is 1. The van der Waals surface area contributed by atoms with Gasteiger partial charge in [-0.05, 0) is 39.0 Å². The summed E-state index contributed by atoms with van der Waals surface area (Å²) in [5.41, 5.74) is 6.71. The first kappa shape index (κ1) is 24.4. The maximum atomic E-state index is 14.6. The minimum atomic E-state index is -1.22. The van der Waals surface area contributed by atoms with E-state index in [4.69, 9.17) is 37.1 Å². The molecule has 2 rings (SSSR count). The minimum absolute atomic E-state index is 0.0258. The Morgan fingerprint density at radius 1 is 1.26 bits per heavy atom. The summed E-state index contributed by atoms with van der Waals surface area (Å²) in [6.45, 7) is 5.57. The lowest BCUT2D eigenvalue weighted by molar-refractivity contribution is -0.139. The number of halogens is 2. The summed E-state index contributed by atoms with van der Waals surface area (Å²) in [5.74, 6) is -0.590. The number of carbonyl (C=O) groups is 1. The molecule has 0 fully saturated rings. The normalized spacial score (nSPS) is 11.8. The number of rotatable bonds is 10. The van der Waals surface area contributed by atoms with E-state index in [-0.39, 0.29) is 30.7 Å². The van der Waals surface area contributed by atoms with E-state index in [1.54, 1.807) is 31.2 Å². The fraction of sp³-hybridized carbons (Fsp3) is 0.364. The molecule has 0 aromatic heterocycles. The molecule has 0 bridgehead atoms. The third-order valence-corrected chi connectivity index (χ3v) is 4.62. The van der Waals surface area contributed by atoms with Crippen molar-refractivity contribution in [3.8, 4) is 11.5 Å². The highest BCUT2D eigenvalue weighted by Gasteiger charge is 2.29. The largest absolute Gasteiger partial charge is 0.497 e. The Morgan fingerprint density at radius 2 is 1.97 bits per heavy atom. The SMILES string of the molecule is CCOC(C(=O)N(Cl)Cc1ccc(C(=N)N)cc1OC(C)C)c1ccc(OC)cc1F. The van der Waals surface area contributed by atoms with Crippen LogP contribution in [0.5, 0.6) is 11.5 Å². The van der Waals surface area contributed by atoms with E-state index in [1.165, 1.54) is 19.2 Å². The van der Waals surface area contributed by atoms with E-state index in [0.29, 0.717) is 22.6 Å². The van der Waals surface area contributed by atoms with Crippen molar-refractivity contribution in [2.75, 3.05) is 13.7 Å². The number of carbonyl (C=O) groups excluding carboxylic acids is 1. The van der Waals surface area contributed by atoms with E-state index in [2.05, 4.69) is 0 Å². The van der Waals surface area contributed by atoms with Crippen LogP contribution in [-0.2, 0) is 16.1 Å². The molecule has 1 unspecified atom stereocenters. The summed E-state index contributed by atoms with van der Waals surface area (Å²) < 4.78 is 31.8. The van der Waals surface area contributed by atoms with Crippen LogP contribution < -0.4 is 15.2 Å². The van der Waals surface area contributed by atoms with E-state index < -0.39 is 17.8 Å². The van der Waals surface area contributed by atoms with Crippen molar-refractivity contribution in [1.82, 2.24) is 4.42 Å². The van der Waals surface area contributed by atoms with Crippen LogP contribution >= 0.6 is 11.8 Å². The Balaban J connectivity index is 2.31. The Bertz CT molecular complexity index is 939. The third kappa shape index (κ3) is 6.32. The number of nitrogens with two attached hydrogens (primary N) is 1. The van der Waals surface area contributed by atoms with Gasteiger partial charge in [-0.3, -0.25) is 10.2 Å². The highest BCUT2D eigenvalue weighted by Crippen LogP contribution is 2.29. The predicted molar refractivity (Wildman–Crippen MR) is 117 cm³/mol. The molecule has 0 heterocycles. The number of nitrogen functional groups attached to an aromatic ring is 1. The van der Waals surface area contributed by atoms with Crippen molar-refractivity contribution < 1.29 is 23.4 Å². The number of nitrogens with one attached hydrogen (secondary N) is 1. The molecule has 9 heteroatoms. The zero-order valence-corrected chi connectivity index (χ0v) is 18.7. The van der Waals surface area contributed by atoms with Crippen molar-refractivity contribution in [2.24, 2.45) is 5.73 Å².